The molecule has 35 heavy (non-hydrogen) atoms. The van der Waals surface area contributed by atoms with Crippen LogP contribution >= 0.6 is 11.8 Å². The van der Waals surface area contributed by atoms with Gasteiger partial charge in [0.15, 0.2) is 5.70 Å². The number of urea groups is 1. The Morgan fingerprint density at radius 2 is 2.03 bits per heavy atom. The van der Waals surface area contributed by atoms with Crippen molar-refractivity contribution in [1.29, 1.82) is 0 Å². The maximum absolute atomic E-state index is 12.9. The Morgan fingerprint density at radius 3 is 2.63 bits per heavy atom. The van der Waals surface area contributed by atoms with E-state index in [1.165, 1.54) is 50.5 Å². The van der Waals surface area contributed by atoms with E-state index in [4.69, 9.17) is 10.5 Å². The maximum Gasteiger partial charge on any atom is 1.00 e. The van der Waals surface area contributed by atoms with Crippen LogP contribution in [0.25, 0.3) is 0 Å². The summed E-state index contributed by atoms with van der Waals surface area (Å²) >= 11 is 1.17. The van der Waals surface area contributed by atoms with Gasteiger partial charge in [0, 0.05) is 18.3 Å². The maximum atomic E-state index is 12.9. The molecule has 3 aliphatic heterocycles. The second-order valence-electron chi connectivity index (χ2n) is 7.77. The van der Waals surface area contributed by atoms with Gasteiger partial charge in [-0.25, -0.2) is 14.3 Å². The number of anilines is 1. The molecule has 178 valence electrons. The molecule has 0 unspecified atom stereocenters. The fourth-order valence-corrected chi connectivity index (χ4v) is 5.04. The van der Waals surface area contributed by atoms with E-state index in [0.29, 0.717) is 10.8 Å². The predicted octanol–water partition coefficient (Wildman–Crippen LogP) is -3.66. The molecule has 3 aliphatic rings. The molecule has 4 heterocycles. The van der Waals surface area contributed by atoms with Crippen LogP contribution in [-0.4, -0.2) is 89.4 Å². The number of benzene rings is 1. The summed E-state index contributed by atoms with van der Waals surface area (Å²) < 4.78 is 7.41. The van der Waals surface area contributed by atoms with E-state index >= 15 is 0 Å². The van der Waals surface area contributed by atoms with Gasteiger partial charge in [0.05, 0.1) is 12.3 Å². The zero-order valence-corrected chi connectivity index (χ0v) is 21.4. The molecule has 14 nitrogen and oxygen atoms in total. The van der Waals surface area contributed by atoms with Crippen LogP contribution in [0.4, 0.5) is 10.5 Å². The third-order valence-electron chi connectivity index (χ3n) is 5.80. The van der Waals surface area contributed by atoms with Crippen molar-refractivity contribution in [3.05, 3.63) is 41.3 Å². The zero-order valence-electron chi connectivity index (χ0n) is 19.6. The van der Waals surface area contributed by atoms with Crippen LogP contribution < -0.4 is 40.6 Å². The van der Waals surface area contributed by atoms with Crippen LogP contribution in [0.1, 0.15) is 11.8 Å². The Kier molecular flexibility index (Phi) is 6.77. The van der Waals surface area contributed by atoms with Gasteiger partial charge in [-0.2, -0.15) is 0 Å². The van der Waals surface area contributed by atoms with Crippen molar-refractivity contribution in [2.45, 2.75) is 23.3 Å². The molecule has 0 spiro atoms. The number of ether oxygens (including phenoxy) is 1. The van der Waals surface area contributed by atoms with Crippen molar-refractivity contribution >= 4 is 41.3 Å². The topological polar surface area (TPSA) is 186 Å². The first kappa shape index (κ1) is 25.0. The summed E-state index contributed by atoms with van der Waals surface area (Å²) in [7, 11) is 1.64. The third kappa shape index (κ3) is 4.24. The first-order valence-electron chi connectivity index (χ1n) is 10.0. The Bertz CT molecular complexity index is 1260. The molecule has 0 saturated carbocycles. The second kappa shape index (κ2) is 9.49. The quantitative estimate of drug-likeness (QED) is 0.199. The number of hydrogen-bond acceptors (Lipinski definition) is 9. The number of nitrogens with zero attached hydrogens (tertiary/aromatic N) is 6. The Morgan fingerprint density at radius 1 is 1.31 bits per heavy atom. The number of carbonyl (C=O) groups excluding carboxylic acids is 3. The minimum atomic E-state index is -1.30. The molecule has 16 heteroatoms. The fraction of sp³-hybridized carbons (Fsp3) is 0.316. The van der Waals surface area contributed by atoms with Crippen molar-refractivity contribution in [1.82, 2.24) is 30.0 Å². The number of nitrogens with two attached hydrogens (primary N) is 1. The standard InChI is InChI=1S/C19H18N8O6S.Na.H/c1-25-19(22-23-24-25)34-7-11-13(17(30)31)27-12-10(33-11)6-26(14(12)16(27)29)18(32)21-9-4-2-8(3-5-9)15(20)28;;/h2-5,10,12,14H,6-7H2,1H3,(H2,20,28)(H,21,32)(H,30,31);;/q;+1;-1/t10-,12-,14+;;/m1../s1. The van der Waals surface area contributed by atoms with Gasteiger partial charge >= 0.3 is 41.6 Å². The fourth-order valence-electron chi connectivity index (χ4n) is 4.26. The Labute approximate surface area is 225 Å². The van der Waals surface area contributed by atoms with Crippen LogP contribution in [0.5, 0.6) is 0 Å². The van der Waals surface area contributed by atoms with E-state index in [9.17, 15) is 24.3 Å². The number of tetrazole rings is 1. The molecule has 1 aromatic heterocycles. The van der Waals surface area contributed by atoms with Gasteiger partial charge in [0.1, 0.15) is 23.9 Å². The molecule has 3 atom stereocenters. The van der Waals surface area contributed by atoms with E-state index in [-0.39, 0.29) is 60.3 Å². The van der Waals surface area contributed by atoms with Gasteiger partial charge in [0.25, 0.3) is 5.91 Å². The van der Waals surface area contributed by atoms with Crippen molar-refractivity contribution in [2.24, 2.45) is 12.8 Å². The summed E-state index contributed by atoms with van der Waals surface area (Å²) in [6.45, 7) is 0.0926. The summed E-state index contributed by atoms with van der Waals surface area (Å²) in [6.07, 6.45) is -0.581. The molecule has 2 fully saturated rings. The first-order valence-corrected chi connectivity index (χ1v) is 11.0. The summed E-state index contributed by atoms with van der Waals surface area (Å²) in [5.41, 5.74) is 5.68. The van der Waals surface area contributed by atoms with Gasteiger partial charge in [0.2, 0.25) is 11.1 Å². The minimum absolute atomic E-state index is 0. The first-order chi connectivity index (χ1) is 16.3. The summed E-state index contributed by atoms with van der Waals surface area (Å²) in [6, 6.07) is 4.02. The molecular formula is C19H19N8NaO6S. The van der Waals surface area contributed by atoms with Crippen molar-refractivity contribution < 1.29 is 60.0 Å². The number of carbonyl (C=O) groups is 4. The average Bonchev–Trinajstić information content (AvgIpc) is 3.38. The van der Waals surface area contributed by atoms with Crippen LogP contribution in [-0.2, 0) is 21.4 Å². The number of carboxylic acid groups (broad SMARTS) is 1. The number of rotatable bonds is 6. The Balaban J connectivity index is 0.00000180. The molecule has 5 rings (SSSR count). The smallest absolute Gasteiger partial charge is 1.00 e. The molecule has 4 N–H and O–H groups in total. The van der Waals surface area contributed by atoms with Crippen molar-refractivity contribution in [3.63, 3.8) is 0 Å². The number of likely N-dealkylation sites (tertiary alicyclic amines) is 1. The molecule has 4 amide bonds. The molecule has 2 aromatic rings. The largest absolute Gasteiger partial charge is 1.00 e. The van der Waals surface area contributed by atoms with E-state index in [1.54, 1.807) is 7.05 Å². The predicted molar refractivity (Wildman–Crippen MR) is 115 cm³/mol. The van der Waals surface area contributed by atoms with E-state index in [0.717, 1.165) is 0 Å². The number of nitrogens with one attached hydrogen (secondary N) is 1. The number of aromatic nitrogens is 4. The second-order valence-corrected chi connectivity index (χ2v) is 8.72. The van der Waals surface area contributed by atoms with Gasteiger partial charge in [-0.1, -0.05) is 11.8 Å². The Hall–Kier alpha value is -3.14. The van der Waals surface area contributed by atoms with Crippen LogP contribution in [0.15, 0.2) is 40.9 Å². The molecule has 0 aliphatic carbocycles. The van der Waals surface area contributed by atoms with Gasteiger partial charge in [-0.05, 0) is 34.7 Å². The molecule has 0 bridgehead atoms. The third-order valence-corrected chi connectivity index (χ3v) is 6.81. The number of primary amides is 1. The van der Waals surface area contributed by atoms with E-state index in [1.807, 2.05) is 0 Å². The van der Waals surface area contributed by atoms with Crippen LogP contribution in [0.3, 0.4) is 0 Å². The summed E-state index contributed by atoms with van der Waals surface area (Å²) in [5.74, 6) is -2.18. The van der Waals surface area contributed by atoms with Crippen molar-refractivity contribution in [2.75, 3.05) is 17.6 Å². The molecule has 1 aromatic carbocycles. The van der Waals surface area contributed by atoms with E-state index in [2.05, 4.69) is 20.8 Å². The normalized spacial score (nSPS) is 22.1. The zero-order chi connectivity index (χ0) is 24.1. The summed E-state index contributed by atoms with van der Waals surface area (Å²) in [4.78, 5) is 51.6. The number of β-lactam (4-membered cyclic amide) rings is 1. The molecule has 2 saturated heterocycles. The van der Waals surface area contributed by atoms with E-state index < -0.39 is 42.0 Å². The monoisotopic (exact) mass is 510 g/mol. The summed E-state index contributed by atoms with van der Waals surface area (Å²) in [5, 5.41) is 24.0. The van der Waals surface area contributed by atoms with Gasteiger partial charge < -0.3 is 27.2 Å². The SMILES string of the molecule is Cn1nnnc1SCC1=C(C(=O)O)N2C(=O)[C@@H]3[C@H]2[C@@H](CN3C(=O)Nc2ccc(C(N)=O)cc2)O1.[H-].[Na+]. The van der Waals surface area contributed by atoms with Crippen LogP contribution in [0.2, 0.25) is 0 Å². The number of aryl methyl sites for hydroxylation is 1. The molecular weight excluding hydrogens is 491 g/mol. The van der Waals surface area contributed by atoms with Gasteiger partial charge in [-0.3, -0.25) is 14.5 Å². The van der Waals surface area contributed by atoms with Crippen LogP contribution in [0, 0.1) is 0 Å². The molecule has 0 radical (unpaired) electrons. The number of aliphatic carboxylic acids is 1. The minimum Gasteiger partial charge on any atom is -1.00 e. The van der Waals surface area contributed by atoms with Crippen molar-refractivity contribution in [3.8, 4) is 0 Å². The number of amides is 4. The average molecular weight is 510 g/mol. The number of carboxylic acids is 1. The number of thioether (sulfide) groups is 1. The van der Waals surface area contributed by atoms with Gasteiger partial charge in [-0.15, -0.1) is 5.10 Å². The number of hydrogen-bond donors (Lipinski definition) is 3.